The summed E-state index contributed by atoms with van der Waals surface area (Å²) in [7, 11) is -9.53. The van der Waals surface area contributed by atoms with E-state index in [4.69, 9.17) is 9.11 Å². The molecule has 0 amide bonds. The first-order chi connectivity index (χ1) is 8.21. The monoisotopic (exact) mass is 336 g/mol. The molecule has 0 fully saturated rings. The molecule has 0 aliphatic rings. The molecule has 2 rings (SSSR count). The van der Waals surface area contributed by atoms with E-state index in [0.29, 0.717) is 5.39 Å². The standard InChI is InChI=1S/C10H8O6S2.2Na.2H/c11-17(12,13)9-6-5-7-3-1-2-4-8(7)10(9)18(14,15)16;;;;/h1-6H,(H,11,12,13)(H,14,15,16);;;;/q;2*+1;2*-1. The molecule has 0 heterocycles. The Morgan fingerprint density at radius 1 is 0.800 bits per heavy atom. The quantitative estimate of drug-likeness (QED) is 0.423. The second kappa shape index (κ2) is 7.19. The van der Waals surface area contributed by atoms with Crippen LogP contribution in [0.5, 0.6) is 0 Å². The Labute approximate surface area is 163 Å². The topological polar surface area (TPSA) is 109 Å². The molecule has 0 unspecified atom stereocenters. The van der Waals surface area contributed by atoms with Crippen LogP contribution in [0, 0.1) is 0 Å². The molecular weight excluding hydrogens is 326 g/mol. The summed E-state index contributed by atoms with van der Waals surface area (Å²) in [5.41, 5.74) is 0. The molecule has 0 aliphatic heterocycles. The van der Waals surface area contributed by atoms with Crippen molar-refractivity contribution in [2.75, 3.05) is 0 Å². The first kappa shape index (κ1) is 20.5. The molecule has 0 radical (unpaired) electrons. The van der Waals surface area contributed by atoms with Gasteiger partial charge in [0.15, 0.2) is 0 Å². The summed E-state index contributed by atoms with van der Waals surface area (Å²) in [4.78, 5) is -1.66. The minimum atomic E-state index is -4.78. The van der Waals surface area contributed by atoms with E-state index < -0.39 is 30.0 Å². The molecule has 2 aromatic rings. The van der Waals surface area contributed by atoms with Gasteiger partial charge in [0, 0.05) is 5.39 Å². The van der Waals surface area contributed by atoms with Crippen molar-refractivity contribution in [3.05, 3.63) is 36.4 Å². The van der Waals surface area contributed by atoms with E-state index >= 15 is 0 Å². The summed E-state index contributed by atoms with van der Waals surface area (Å²) in [6, 6.07) is 8.28. The molecule has 0 aliphatic carbocycles. The molecule has 0 aromatic heterocycles. The summed E-state index contributed by atoms with van der Waals surface area (Å²) >= 11 is 0. The van der Waals surface area contributed by atoms with Gasteiger partial charge in [-0.3, -0.25) is 9.11 Å². The van der Waals surface area contributed by atoms with Crippen molar-refractivity contribution in [2.45, 2.75) is 9.79 Å². The van der Waals surface area contributed by atoms with Gasteiger partial charge in [0.25, 0.3) is 20.2 Å². The maximum Gasteiger partial charge on any atom is 1.00 e. The van der Waals surface area contributed by atoms with E-state index in [-0.39, 0.29) is 67.4 Å². The Kier molecular flexibility index (Phi) is 7.37. The van der Waals surface area contributed by atoms with E-state index in [9.17, 15) is 16.8 Å². The van der Waals surface area contributed by atoms with Gasteiger partial charge >= 0.3 is 59.1 Å². The molecule has 20 heavy (non-hydrogen) atoms. The molecule has 0 saturated heterocycles. The normalized spacial score (nSPS) is 11.5. The van der Waals surface area contributed by atoms with E-state index in [0.717, 1.165) is 6.07 Å². The zero-order valence-electron chi connectivity index (χ0n) is 12.8. The van der Waals surface area contributed by atoms with Gasteiger partial charge in [-0.2, -0.15) is 16.8 Å². The minimum absolute atomic E-state index is 0. The Balaban J connectivity index is -0.000000902. The minimum Gasteiger partial charge on any atom is -1.00 e. The third kappa shape index (κ3) is 4.26. The zero-order valence-corrected chi connectivity index (χ0v) is 16.4. The van der Waals surface area contributed by atoms with Crippen LogP contribution in [-0.2, 0) is 20.2 Å². The third-order valence-electron chi connectivity index (χ3n) is 2.38. The van der Waals surface area contributed by atoms with E-state index in [1.807, 2.05) is 0 Å². The average Bonchev–Trinajstić information content (AvgIpc) is 2.24. The van der Waals surface area contributed by atoms with Gasteiger partial charge in [-0.15, -0.1) is 0 Å². The van der Waals surface area contributed by atoms with Gasteiger partial charge in [0.1, 0.15) is 9.79 Å². The van der Waals surface area contributed by atoms with Gasteiger partial charge in [0.2, 0.25) is 0 Å². The summed E-state index contributed by atoms with van der Waals surface area (Å²) in [5, 5.41) is 0.452. The Hall–Kier alpha value is 0.520. The number of hydrogen-bond acceptors (Lipinski definition) is 4. The average molecular weight is 336 g/mol. The first-order valence-electron chi connectivity index (χ1n) is 4.68. The summed E-state index contributed by atoms with van der Waals surface area (Å²) in [6.45, 7) is 0. The predicted octanol–water partition coefficient (Wildman–Crippen LogP) is -4.43. The molecular formula is C10H10Na2O6S2. The van der Waals surface area contributed by atoms with Crippen molar-refractivity contribution in [3.63, 3.8) is 0 Å². The SMILES string of the molecule is O=S(=O)(O)c1ccc2ccccc2c1S(=O)(=O)O.[H-].[H-].[Na+].[Na+]. The van der Waals surface area contributed by atoms with Crippen LogP contribution in [-0.4, -0.2) is 25.9 Å². The van der Waals surface area contributed by atoms with E-state index in [1.54, 1.807) is 12.1 Å². The molecule has 100 valence electrons. The molecule has 0 saturated carbocycles. The smallest absolute Gasteiger partial charge is 1.00 e. The summed E-state index contributed by atoms with van der Waals surface area (Å²) in [6.07, 6.45) is 0. The van der Waals surface area contributed by atoms with Crippen molar-refractivity contribution in [1.82, 2.24) is 0 Å². The Bertz CT molecular complexity index is 840. The van der Waals surface area contributed by atoms with E-state index in [1.165, 1.54) is 18.2 Å². The zero-order chi connectivity index (χ0) is 13.6. The van der Waals surface area contributed by atoms with Gasteiger partial charge in [0.05, 0.1) is 0 Å². The van der Waals surface area contributed by atoms with Crippen LogP contribution < -0.4 is 59.1 Å². The number of rotatable bonds is 2. The van der Waals surface area contributed by atoms with Gasteiger partial charge in [-0.05, 0) is 11.5 Å². The largest absolute Gasteiger partial charge is 1.00 e. The predicted molar refractivity (Wildman–Crippen MR) is 65.8 cm³/mol. The molecule has 2 aromatic carbocycles. The molecule has 10 heteroatoms. The second-order valence-corrected chi connectivity index (χ2v) is 6.31. The fourth-order valence-electron chi connectivity index (χ4n) is 1.69. The van der Waals surface area contributed by atoms with Crippen LogP contribution in [0.25, 0.3) is 10.8 Å². The molecule has 6 nitrogen and oxygen atoms in total. The summed E-state index contributed by atoms with van der Waals surface area (Å²) < 4.78 is 63.0. The number of benzene rings is 2. The van der Waals surface area contributed by atoms with Crippen LogP contribution in [0.15, 0.2) is 46.2 Å². The van der Waals surface area contributed by atoms with Crippen LogP contribution in [0.4, 0.5) is 0 Å². The van der Waals surface area contributed by atoms with Crippen LogP contribution in [0.3, 0.4) is 0 Å². The van der Waals surface area contributed by atoms with Gasteiger partial charge in [-0.1, -0.05) is 30.3 Å². The molecule has 2 N–H and O–H groups in total. The molecule has 0 bridgehead atoms. The van der Waals surface area contributed by atoms with Crippen molar-refractivity contribution >= 4 is 31.0 Å². The van der Waals surface area contributed by atoms with Crippen molar-refractivity contribution in [3.8, 4) is 0 Å². The molecule has 0 spiro atoms. The Morgan fingerprint density at radius 3 is 1.85 bits per heavy atom. The van der Waals surface area contributed by atoms with Crippen molar-refractivity contribution < 1.29 is 87.9 Å². The number of hydrogen-bond donors (Lipinski definition) is 2. The maximum absolute atomic E-state index is 11.3. The van der Waals surface area contributed by atoms with Crippen LogP contribution in [0.1, 0.15) is 2.85 Å². The maximum atomic E-state index is 11.3. The van der Waals surface area contributed by atoms with Gasteiger partial charge in [-0.25, -0.2) is 0 Å². The first-order valence-corrected chi connectivity index (χ1v) is 7.56. The third-order valence-corrected chi connectivity index (χ3v) is 4.36. The van der Waals surface area contributed by atoms with Crippen molar-refractivity contribution in [1.29, 1.82) is 0 Å². The fraction of sp³-hybridized carbons (Fsp3) is 0. The van der Waals surface area contributed by atoms with Crippen LogP contribution >= 0.6 is 0 Å². The van der Waals surface area contributed by atoms with E-state index in [2.05, 4.69) is 0 Å². The van der Waals surface area contributed by atoms with Crippen LogP contribution in [0.2, 0.25) is 0 Å². The number of fused-ring (bicyclic) bond motifs is 1. The molecule has 0 atom stereocenters. The summed E-state index contributed by atoms with van der Waals surface area (Å²) in [5.74, 6) is 0. The van der Waals surface area contributed by atoms with Crippen molar-refractivity contribution in [2.24, 2.45) is 0 Å². The van der Waals surface area contributed by atoms with Gasteiger partial charge < -0.3 is 2.85 Å². The fourth-order valence-corrected chi connectivity index (χ4v) is 3.69. The Morgan fingerprint density at radius 2 is 1.35 bits per heavy atom. The second-order valence-electron chi connectivity index (χ2n) is 3.56.